The van der Waals surface area contributed by atoms with Gasteiger partial charge in [-0.05, 0) is 39.8 Å². The third-order valence-corrected chi connectivity index (χ3v) is 6.76. The smallest absolute Gasteiger partial charge is 0.356 e. The second-order valence-corrected chi connectivity index (χ2v) is 10.4. The summed E-state index contributed by atoms with van der Waals surface area (Å²) in [6, 6.07) is 8.44. The highest BCUT2D eigenvalue weighted by molar-refractivity contribution is 7.53. The van der Waals surface area contributed by atoms with Gasteiger partial charge in [0.15, 0.2) is 23.1 Å². The van der Waals surface area contributed by atoms with Crippen LogP contribution in [0.5, 0.6) is 0 Å². The number of carbonyl (C=O) groups is 2. The summed E-state index contributed by atoms with van der Waals surface area (Å²) in [5.74, 6) is -1.30. The van der Waals surface area contributed by atoms with Crippen molar-refractivity contribution in [3.63, 3.8) is 0 Å². The highest BCUT2D eigenvalue weighted by Gasteiger charge is 2.34. The lowest BCUT2D eigenvalue weighted by Gasteiger charge is -2.26. The molecule has 0 aliphatic rings. The van der Waals surface area contributed by atoms with Gasteiger partial charge in [-0.2, -0.15) is 0 Å². The van der Waals surface area contributed by atoms with E-state index in [0.717, 1.165) is 17.2 Å². The van der Waals surface area contributed by atoms with Gasteiger partial charge in [-0.25, -0.2) is 15.0 Å². The minimum absolute atomic E-state index is 0.0102. The number of aliphatic hydroxyl groups is 2. The zero-order chi connectivity index (χ0) is 27.2. The number of hydrogen-bond donors (Lipinski definition) is 3. The molecule has 0 radical (unpaired) electrons. The lowest BCUT2D eigenvalue weighted by Crippen LogP contribution is -2.41. The molecule has 2 aromatic heterocycles. The molecule has 13 nitrogen and oxygen atoms in total. The van der Waals surface area contributed by atoms with Gasteiger partial charge in [0.05, 0.1) is 18.8 Å². The monoisotopic (exact) mass is 535 g/mol. The Morgan fingerprint density at radius 2 is 1.70 bits per heavy atom. The second-order valence-electron chi connectivity index (χ2n) is 8.55. The summed E-state index contributed by atoms with van der Waals surface area (Å²) in [5.41, 5.74) is 0.508. The van der Waals surface area contributed by atoms with E-state index in [9.17, 15) is 24.4 Å². The molecule has 0 saturated carbocycles. The van der Waals surface area contributed by atoms with Gasteiger partial charge < -0.3 is 29.3 Å². The minimum Gasteiger partial charge on any atom is -0.394 e. The number of ether oxygens (including phenoxy) is 1. The van der Waals surface area contributed by atoms with Crippen LogP contribution in [0.4, 0.5) is 5.82 Å². The van der Waals surface area contributed by atoms with E-state index in [4.69, 9.17) is 13.8 Å². The Kier molecular flexibility index (Phi) is 9.60. The fourth-order valence-corrected chi connectivity index (χ4v) is 5.15. The van der Waals surface area contributed by atoms with Crippen LogP contribution in [-0.4, -0.2) is 78.9 Å². The molecule has 2 heterocycles. The molecule has 3 N–H and O–H groups in total. The molecule has 37 heavy (non-hydrogen) atoms. The number of nitrogens with one attached hydrogen (secondary N) is 1. The first kappa shape index (κ1) is 28.5. The molecule has 0 unspecified atom stereocenters. The number of nitrogens with zero attached hydrogens (tertiary/aromatic N) is 4. The molecule has 0 spiro atoms. The summed E-state index contributed by atoms with van der Waals surface area (Å²) in [4.78, 5) is 37.8. The number of benzene rings is 1. The van der Waals surface area contributed by atoms with Crippen LogP contribution >= 0.6 is 7.60 Å². The molecule has 0 aliphatic heterocycles. The summed E-state index contributed by atoms with van der Waals surface area (Å²) in [7, 11) is -3.75. The molecule has 14 heteroatoms. The normalized spacial score (nSPS) is 13.7. The van der Waals surface area contributed by atoms with Gasteiger partial charge in [-0.1, -0.05) is 18.2 Å². The number of hydrogen-bond acceptors (Lipinski definition) is 11. The molecule has 3 aromatic rings. The van der Waals surface area contributed by atoms with E-state index in [1.165, 1.54) is 0 Å². The topological polar surface area (TPSA) is 175 Å². The lowest BCUT2D eigenvalue weighted by molar-refractivity contribution is -0.0460. The van der Waals surface area contributed by atoms with E-state index < -0.39 is 56.8 Å². The predicted molar refractivity (Wildman–Crippen MR) is 133 cm³/mol. The number of fused-ring (bicyclic) bond motifs is 1. The Balaban J connectivity index is 1.78. The van der Waals surface area contributed by atoms with Crippen molar-refractivity contribution < 1.29 is 38.2 Å². The lowest BCUT2D eigenvalue weighted by atomic mass is 10.2. The van der Waals surface area contributed by atoms with Crippen LogP contribution in [0.15, 0.2) is 43.0 Å². The largest absolute Gasteiger partial charge is 0.394 e. The Labute approximate surface area is 213 Å². The molecule has 200 valence electrons. The summed E-state index contributed by atoms with van der Waals surface area (Å²) in [5, 5.41) is 23.0. The molecule has 0 saturated heterocycles. The van der Waals surface area contributed by atoms with Crippen molar-refractivity contribution in [1.29, 1.82) is 0 Å². The molecule has 1 aromatic carbocycles. The third kappa shape index (κ3) is 7.25. The van der Waals surface area contributed by atoms with Crippen LogP contribution < -0.4 is 5.32 Å². The van der Waals surface area contributed by atoms with Gasteiger partial charge in [-0.3, -0.25) is 18.7 Å². The van der Waals surface area contributed by atoms with Crippen molar-refractivity contribution >= 4 is 36.4 Å². The fraction of sp³-hybridized carbons (Fsp3) is 0.435. The Morgan fingerprint density at radius 3 is 2.30 bits per heavy atom. The van der Waals surface area contributed by atoms with Crippen LogP contribution in [0.1, 0.15) is 42.8 Å². The first-order valence-corrected chi connectivity index (χ1v) is 13.2. The average molecular weight is 535 g/mol. The van der Waals surface area contributed by atoms with E-state index >= 15 is 0 Å². The van der Waals surface area contributed by atoms with E-state index in [1.54, 1.807) is 58.0 Å². The predicted octanol–water partition coefficient (Wildman–Crippen LogP) is 2.46. The van der Waals surface area contributed by atoms with Gasteiger partial charge in [0.2, 0.25) is 0 Å². The Morgan fingerprint density at radius 1 is 1.05 bits per heavy atom. The van der Waals surface area contributed by atoms with Crippen LogP contribution in [0.25, 0.3) is 11.2 Å². The number of anilines is 1. The molecule has 2 atom stereocenters. The van der Waals surface area contributed by atoms with Gasteiger partial charge in [0, 0.05) is 5.56 Å². The maximum Gasteiger partial charge on any atom is 0.356 e. The number of aliphatic hydroxyl groups excluding tert-OH is 2. The van der Waals surface area contributed by atoms with Crippen LogP contribution in [0, 0.1) is 0 Å². The average Bonchev–Trinajstić information content (AvgIpc) is 3.28. The molecular weight excluding hydrogens is 505 g/mol. The standard InChI is InChI=1S/C23H30N5O8P/c1-14(2)35-37(33,36-15(3)4)13-34-17(10-29)19(30)23(32)28-12-26-18-20(24-11-25-21(18)28)27-22(31)16-8-6-5-7-9-16/h5-9,11-12,14-15,17,19,29-30H,10,13H2,1-4H3,(H,24,25,27,31)/t17-,19+/m0/s1. The number of aromatic nitrogens is 4. The maximum atomic E-state index is 13.1. The highest BCUT2D eigenvalue weighted by atomic mass is 31.2. The van der Waals surface area contributed by atoms with Crippen LogP contribution in [0.2, 0.25) is 0 Å². The molecule has 0 bridgehead atoms. The van der Waals surface area contributed by atoms with Gasteiger partial charge in [-0.15, -0.1) is 0 Å². The number of carbonyl (C=O) groups excluding carboxylic acids is 2. The van der Waals surface area contributed by atoms with Crippen molar-refractivity contribution in [3.05, 3.63) is 48.5 Å². The summed E-state index contributed by atoms with van der Waals surface area (Å²) >= 11 is 0. The second kappa shape index (κ2) is 12.5. The Bertz CT molecular complexity index is 1250. The molecular formula is C23H30N5O8P. The quantitative estimate of drug-likeness (QED) is 0.291. The van der Waals surface area contributed by atoms with E-state index in [2.05, 4.69) is 20.3 Å². The summed E-state index contributed by atoms with van der Waals surface area (Å²) in [6.45, 7) is 5.90. The molecule has 0 aliphatic carbocycles. The van der Waals surface area contributed by atoms with Crippen molar-refractivity contribution in [2.45, 2.75) is 52.1 Å². The van der Waals surface area contributed by atoms with Crippen LogP contribution in [-0.2, 0) is 18.3 Å². The maximum absolute atomic E-state index is 13.1. The first-order chi connectivity index (χ1) is 17.5. The summed E-state index contributed by atoms with van der Waals surface area (Å²) in [6.07, 6.45) is -2.59. The van der Waals surface area contributed by atoms with Crippen molar-refractivity contribution in [2.24, 2.45) is 0 Å². The number of amides is 1. The molecule has 0 fully saturated rings. The van der Waals surface area contributed by atoms with Crippen molar-refractivity contribution in [1.82, 2.24) is 19.5 Å². The zero-order valence-corrected chi connectivity index (χ0v) is 21.7. The number of imidazole rings is 1. The fourth-order valence-electron chi connectivity index (χ4n) is 3.32. The minimum atomic E-state index is -3.75. The first-order valence-electron chi connectivity index (χ1n) is 11.5. The van der Waals surface area contributed by atoms with E-state index in [0.29, 0.717) is 5.56 Å². The summed E-state index contributed by atoms with van der Waals surface area (Å²) < 4.78 is 30.1. The molecule has 1 amide bonds. The van der Waals surface area contributed by atoms with E-state index in [-0.39, 0.29) is 17.0 Å². The zero-order valence-electron chi connectivity index (χ0n) is 20.8. The van der Waals surface area contributed by atoms with Crippen molar-refractivity contribution in [3.8, 4) is 0 Å². The third-order valence-electron chi connectivity index (χ3n) is 4.81. The Hall–Kier alpha value is -3.06. The van der Waals surface area contributed by atoms with Gasteiger partial charge in [0.25, 0.3) is 11.8 Å². The highest BCUT2D eigenvalue weighted by Crippen LogP contribution is 2.50. The van der Waals surface area contributed by atoms with Crippen LogP contribution in [0.3, 0.4) is 0 Å². The molecule has 3 rings (SSSR count). The SMILES string of the molecule is CC(C)OP(=O)(CO[C@@H](CO)[C@@H](O)C(=O)n1cnc2c(NC(=O)c3ccccc3)ncnc21)OC(C)C. The van der Waals surface area contributed by atoms with Crippen molar-refractivity contribution in [2.75, 3.05) is 18.3 Å². The van der Waals surface area contributed by atoms with Gasteiger partial charge in [0.1, 0.15) is 25.1 Å². The van der Waals surface area contributed by atoms with E-state index in [1.807, 2.05) is 0 Å². The number of rotatable bonds is 12. The van der Waals surface area contributed by atoms with Gasteiger partial charge >= 0.3 is 7.60 Å².